The molecule has 1 aliphatic carbocycles. The molecule has 4 heteroatoms. The van der Waals surface area contributed by atoms with Crippen LogP contribution in [-0.4, -0.2) is 28.8 Å². The Morgan fingerprint density at radius 1 is 1.44 bits per heavy atom. The molecular formula is C14H25N3O. The highest BCUT2D eigenvalue weighted by Gasteiger charge is 2.20. The van der Waals surface area contributed by atoms with Crippen molar-refractivity contribution in [3.8, 4) is 0 Å². The first-order chi connectivity index (χ1) is 8.74. The topological polar surface area (TPSA) is 39.1 Å². The van der Waals surface area contributed by atoms with Crippen LogP contribution in [0.3, 0.4) is 0 Å². The summed E-state index contributed by atoms with van der Waals surface area (Å²) in [4.78, 5) is 4.39. The van der Waals surface area contributed by atoms with Crippen molar-refractivity contribution in [1.29, 1.82) is 0 Å². The van der Waals surface area contributed by atoms with Gasteiger partial charge in [-0.25, -0.2) is 4.98 Å². The molecule has 0 aliphatic heterocycles. The Hall–Kier alpha value is -0.870. The van der Waals surface area contributed by atoms with E-state index in [0.29, 0.717) is 0 Å². The third-order valence-electron chi connectivity index (χ3n) is 3.17. The van der Waals surface area contributed by atoms with Crippen LogP contribution in [0, 0.1) is 5.92 Å². The number of ether oxygens (including phenoxy) is 1. The van der Waals surface area contributed by atoms with Crippen molar-refractivity contribution in [3.63, 3.8) is 0 Å². The molecule has 0 unspecified atom stereocenters. The van der Waals surface area contributed by atoms with E-state index in [2.05, 4.69) is 34.9 Å². The van der Waals surface area contributed by atoms with E-state index in [4.69, 9.17) is 4.74 Å². The van der Waals surface area contributed by atoms with Gasteiger partial charge in [0.15, 0.2) is 0 Å². The maximum absolute atomic E-state index is 5.60. The number of imidazole rings is 1. The lowest BCUT2D eigenvalue weighted by molar-refractivity contribution is 0.116. The predicted molar refractivity (Wildman–Crippen MR) is 72.4 cm³/mol. The highest BCUT2D eigenvalue weighted by Crippen LogP contribution is 2.18. The van der Waals surface area contributed by atoms with Crippen LogP contribution in [0.1, 0.15) is 38.8 Å². The van der Waals surface area contributed by atoms with Crippen LogP contribution < -0.4 is 5.32 Å². The Balaban J connectivity index is 1.57. The molecule has 0 amide bonds. The van der Waals surface area contributed by atoms with E-state index >= 15 is 0 Å². The molecule has 0 aromatic carbocycles. The zero-order valence-corrected chi connectivity index (χ0v) is 11.6. The largest absolute Gasteiger partial charge is 0.380 e. The number of aromatic nitrogens is 2. The Bertz CT molecular complexity index is 345. The number of hydrogen-bond acceptors (Lipinski definition) is 3. The molecule has 1 fully saturated rings. The van der Waals surface area contributed by atoms with Gasteiger partial charge in [-0.2, -0.15) is 0 Å². The summed E-state index contributed by atoms with van der Waals surface area (Å²) in [6.07, 6.45) is 7.80. The molecule has 1 aromatic rings. The van der Waals surface area contributed by atoms with Crippen molar-refractivity contribution in [2.75, 3.05) is 13.2 Å². The average Bonchev–Trinajstić information content (AvgIpc) is 3.06. The molecule has 1 aliphatic rings. The summed E-state index contributed by atoms with van der Waals surface area (Å²) in [6.45, 7) is 7.87. The monoisotopic (exact) mass is 251 g/mol. The summed E-state index contributed by atoms with van der Waals surface area (Å²) < 4.78 is 7.71. The molecule has 0 atom stereocenters. The van der Waals surface area contributed by atoms with Gasteiger partial charge in [0, 0.05) is 31.9 Å². The van der Waals surface area contributed by atoms with Gasteiger partial charge < -0.3 is 14.6 Å². The fourth-order valence-corrected chi connectivity index (χ4v) is 1.75. The first-order valence-corrected chi connectivity index (χ1v) is 7.06. The van der Waals surface area contributed by atoms with E-state index in [-0.39, 0.29) is 0 Å². The van der Waals surface area contributed by atoms with E-state index in [1.54, 1.807) is 0 Å². The first-order valence-electron chi connectivity index (χ1n) is 7.06. The van der Waals surface area contributed by atoms with Crippen LogP contribution in [0.25, 0.3) is 0 Å². The Morgan fingerprint density at radius 3 is 3.00 bits per heavy atom. The van der Waals surface area contributed by atoms with Crippen molar-refractivity contribution in [2.45, 2.75) is 52.2 Å². The normalized spacial score (nSPS) is 15.5. The van der Waals surface area contributed by atoms with Gasteiger partial charge in [0.2, 0.25) is 0 Å². The van der Waals surface area contributed by atoms with E-state index in [1.165, 1.54) is 12.8 Å². The van der Waals surface area contributed by atoms with Gasteiger partial charge in [0.05, 0.1) is 18.6 Å². The Morgan fingerprint density at radius 2 is 2.28 bits per heavy atom. The lowest BCUT2D eigenvalue weighted by Crippen LogP contribution is -2.15. The molecule has 0 saturated heterocycles. The standard InChI is InChI=1S/C14H25N3O/c1-12(2)5-7-18-8-6-17-10-14(16-11-17)9-15-13-3-4-13/h10-13,15H,3-9H2,1-2H3. The molecule has 1 saturated carbocycles. The van der Waals surface area contributed by atoms with E-state index in [1.807, 2.05) is 6.33 Å². The minimum atomic E-state index is 0.721. The second kappa shape index (κ2) is 6.90. The Labute approximate surface area is 110 Å². The molecule has 1 aromatic heterocycles. The van der Waals surface area contributed by atoms with Gasteiger partial charge >= 0.3 is 0 Å². The average molecular weight is 251 g/mol. The number of rotatable bonds is 9. The van der Waals surface area contributed by atoms with E-state index < -0.39 is 0 Å². The lowest BCUT2D eigenvalue weighted by Gasteiger charge is -2.06. The van der Waals surface area contributed by atoms with Gasteiger partial charge in [-0.05, 0) is 25.2 Å². The van der Waals surface area contributed by atoms with E-state index in [9.17, 15) is 0 Å². The summed E-state index contributed by atoms with van der Waals surface area (Å²) in [5.41, 5.74) is 1.13. The van der Waals surface area contributed by atoms with Gasteiger partial charge in [-0.1, -0.05) is 13.8 Å². The molecule has 0 bridgehead atoms. The van der Waals surface area contributed by atoms with Gasteiger partial charge in [-0.15, -0.1) is 0 Å². The van der Waals surface area contributed by atoms with Crippen molar-refractivity contribution in [1.82, 2.24) is 14.9 Å². The lowest BCUT2D eigenvalue weighted by atomic mass is 10.1. The summed E-state index contributed by atoms with van der Waals surface area (Å²) in [7, 11) is 0. The predicted octanol–water partition coefficient (Wildman–Crippen LogP) is 2.20. The first kappa shape index (κ1) is 13.6. The van der Waals surface area contributed by atoms with Crippen LogP contribution in [0.2, 0.25) is 0 Å². The smallest absolute Gasteiger partial charge is 0.0950 e. The second-order valence-electron chi connectivity index (χ2n) is 5.55. The molecule has 1 heterocycles. The van der Waals surface area contributed by atoms with Crippen molar-refractivity contribution < 1.29 is 4.74 Å². The summed E-state index contributed by atoms with van der Waals surface area (Å²) in [5, 5.41) is 3.47. The van der Waals surface area contributed by atoms with Gasteiger partial charge in [0.25, 0.3) is 0 Å². The number of nitrogens with one attached hydrogen (secondary N) is 1. The molecule has 1 N–H and O–H groups in total. The third kappa shape index (κ3) is 5.19. The van der Waals surface area contributed by atoms with E-state index in [0.717, 1.165) is 50.4 Å². The minimum Gasteiger partial charge on any atom is -0.380 e. The molecule has 18 heavy (non-hydrogen) atoms. The highest BCUT2D eigenvalue weighted by molar-refractivity contribution is 4.97. The fraction of sp³-hybridized carbons (Fsp3) is 0.786. The number of nitrogens with zero attached hydrogens (tertiary/aromatic N) is 2. The molecular weight excluding hydrogens is 226 g/mol. The highest BCUT2D eigenvalue weighted by atomic mass is 16.5. The third-order valence-corrected chi connectivity index (χ3v) is 3.17. The summed E-state index contributed by atoms with van der Waals surface area (Å²) >= 11 is 0. The van der Waals surface area contributed by atoms with Crippen LogP contribution in [-0.2, 0) is 17.8 Å². The Kier molecular flexibility index (Phi) is 5.20. The van der Waals surface area contributed by atoms with Crippen LogP contribution >= 0.6 is 0 Å². The van der Waals surface area contributed by atoms with Gasteiger partial charge in [-0.3, -0.25) is 0 Å². The second-order valence-corrected chi connectivity index (χ2v) is 5.55. The molecule has 4 nitrogen and oxygen atoms in total. The zero-order chi connectivity index (χ0) is 12.8. The maximum atomic E-state index is 5.60. The molecule has 2 rings (SSSR count). The van der Waals surface area contributed by atoms with Crippen LogP contribution in [0.5, 0.6) is 0 Å². The number of hydrogen-bond donors (Lipinski definition) is 1. The van der Waals surface area contributed by atoms with Crippen LogP contribution in [0.4, 0.5) is 0 Å². The summed E-state index contributed by atoms with van der Waals surface area (Å²) in [6, 6.07) is 0.745. The molecule has 0 spiro atoms. The quantitative estimate of drug-likeness (QED) is 0.684. The SMILES string of the molecule is CC(C)CCOCCn1cnc(CNC2CC2)c1. The van der Waals surface area contributed by atoms with Crippen molar-refractivity contribution in [3.05, 3.63) is 18.2 Å². The minimum absolute atomic E-state index is 0.721. The summed E-state index contributed by atoms with van der Waals surface area (Å²) in [5.74, 6) is 0.721. The molecule has 0 radical (unpaired) electrons. The molecule has 102 valence electrons. The maximum Gasteiger partial charge on any atom is 0.0950 e. The van der Waals surface area contributed by atoms with Gasteiger partial charge in [0.1, 0.15) is 0 Å². The van der Waals surface area contributed by atoms with Crippen molar-refractivity contribution >= 4 is 0 Å². The van der Waals surface area contributed by atoms with Crippen molar-refractivity contribution in [2.24, 2.45) is 5.92 Å². The van der Waals surface area contributed by atoms with Crippen LogP contribution in [0.15, 0.2) is 12.5 Å². The zero-order valence-electron chi connectivity index (χ0n) is 11.6. The fourth-order valence-electron chi connectivity index (χ4n) is 1.75.